The molecule has 7 nitrogen and oxygen atoms in total. The Morgan fingerprint density at radius 1 is 1.14 bits per heavy atom. The highest BCUT2D eigenvalue weighted by Crippen LogP contribution is 2.19. The van der Waals surface area contributed by atoms with E-state index in [0.717, 1.165) is 18.2 Å². The van der Waals surface area contributed by atoms with Crippen molar-refractivity contribution in [3.8, 4) is 0 Å². The standard InChI is InChI=1S/C20H24FN3O4S/c1-4-12-24(14(2)19(25)23-15-8-6-5-7-9-15)20(26)17-13-16(10-11-18(17)21)29(27,28)22-3/h5-11,13-14,22H,4,12H2,1-3H3,(H,23,25). The van der Waals surface area contributed by atoms with Gasteiger partial charge in [-0.25, -0.2) is 17.5 Å². The van der Waals surface area contributed by atoms with Crippen molar-refractivity contribution < 1.29 is 22.4 Å². The number of sulfonamides is 1. The van der Waals surface area contributed by atoms with E-state index in [-0.39, 0.29) is 11.4 Å². The van der Waals surface area contributed by atoms with Crippen LogP contribution in [0.4, 0.5) is 10.1 Å². The number of rotatable bonds is 8. The van der Waals surface area contributed by atoms with Gasteiger partial charge < -0.3 is 10.2 Å². The van der Waals surface area contributed by atoms with Gasteiger partial charge in [-0.3, -0.25) is 9.59 Å². The molecule has 0 heterocycles. The average Bonchev–Trinajstić information content (AvgIpc) is 2.72. The minimum atomic E-state index is -3.85. The molecule has 2 amide bonds. The Kier molecular flexibility index (Phi) is 7.46. The van der Waals surface area contributed by atoms with E-state index >= 15 is 0 Å². The third-order valence-electron chi connectivity index (χ3n) is 4.36. The van der Waals surface area contributed by atoms with Crippen LogP contribution in [0, 0.1) is 5.82 Å². The van der Waals surface area contributed by atoms with Crippen molar-refractivity contribution in [1.29, 1.82) is 0 Å². The van der Waals surface area contributed by atoms with Gasteiger partial charge in [0.05, 0.1) is 10.5 Å². The quantitative estimate of drug-likeness (QED) is 0.685. The molecule has 2 aromatic carbocycles. The summed E-state index contributed by atoms with van der Waals surface area (Å²) in [4.78, 5) is 26.6. The highest BCUT2D eigenvalue weighted by atomic mass is 32.2. The molecular weight excluding hydrogens is 397 g/mol. The normalized spacial score (nSPS) is 12.3. The highest BCUT2D eigenvalue weighted by Gasteiger charge is 2.29. The number of nitrogens with one attached hydrogen (secondary N) is 2. The predicted molar refractivity (Wildman–Crippen MR) is 109 cm³/mol. The van der Waals surface area contributed by atoms with Gasteiger partial charge in [0.1, 0.15) is 11.9 Å². The molecular formula is C20H24FN3O4S. The zero-order chi connectivity index (χ0) is 21.6. The Morgan fingerprint density at radius 3 is 2.38 bits per heavy atom. The number of carbonyl (C=O) groups excluding carboxylic acids is 2. The molecule has 0 spiro atoms. The minimum Gasteiger partial charge on any atom is -0.327 e. The van der Waals surface area contributed by atoms with E-state index in [9.17, 15) is 22.4 Å². The lowest BCUT2D eigenvalue weighted by atomic mass is 10.1. The fraction of sp³-hybridized carbons (Fsp3) is 0.300. The number of benzene rings is 2. The van der Waals surface area contributed by atoms with Gasteiger partial charge in [-0.2, -0.15) is 0 Å². The van der Waals surface area contributed by atoms with Gasteiger partial charge in [0.15, 0.2) is 0 Å². The third kappa shape index (κ3) is 5.39. The van der Waals surface area contributed by atoms with Gasteiger partial charge >= 0.3 is 0 Å². The Morgan fingerprint density at radius 2 is 1.79 bits per heavy atom. The summed E-state index contributed by atoms with van der Waals surface area (Å²) >= 11 is 0. The van der Waals surface area contributed by atoms with Crippen LogP contribution in [0.1, 0.15) is 30.6 Å². The highest BCUT2D eigenvalue weighted by molar-refractivity contribution is 7.89. The second-order valence-corrected chi connectivity index (χ2v) is 8.27. The summed E-state index contributed by atoms with van der Waals surface area (Å²) in [7, 11) is -2.63. The number of hydrogen-bond acceptors (Lipinski definition) is 4. The Labute approximate surface area is 170 Å². The summed E-state index contributed by atoms with van der Waals surface area (Å²) in [5, 5.41) is 2.71. The van der Waals surface area contributed by atoms with E-state index in [1.54, 1.807) is 30.3 Å². The molecule has 0 aliphatic heterocycles. The lowest BCUT2D eigenvalue weighted by molar-refractivity contribution is -0.120. The first kappa shape index (κ1) is 22.5. The van der Waals surface area contributed by atoms with E-state index in [1.807, 2.05) is 6.92 Å². The van der Waals surface area contributed by atoms with Gasteiger partial charge in [0, 0.05) is 12.2 Å². The van der Waals surface area contributed by atoms with Crippen LogP contribution >= 0.6 is 0 Å². The molecule has 0 aliphatic rings. The van der Waals surface area contributed by atoms with Gasteiger partial charge in [-0.1, -0.05) is 25.1 Å². The molecule has 0 radical (unpaired) electrons. The topological polar surface area (TPSA) is 95.6 Å². The molecule has 2 N–H and O–H groups in total. The SMILES string of the molecule is CCCN(C(=O)c1cc(S(=O)(=O)NC)ccc1F)C(C)C(=O)Nc1ccccc1. The van der Waals surface area contributed by atoms with Gasteiger partial charge in [-0.05, 0) is 50.7 Å². The molecule has 0 bridgehead atoms. The van der Waals surface area contributed by atoms with Crippen molar-refractivity contribution in [3.05, 3.63) is 59.9 Å². The molecule has 1 unspecified atom stereocenters. The summed E-state index contributed by atoms with van der Waals surface area (Å²) in [6, 6.07) is 10.8. The molecule has 0 saturated heterocycles. The van der Waals surface area contributed by atoms with Crippen molar-refractivity contribution >= 4 is 27.5 Å². The lowest BCUT2D eigenvalue weighted by Crippen LogP contribution is -2.46. The van der Waals surface area contributed by atoms with E-state index in [1.165, 1.54) is 18.9 Å². The number of para-hydroxylation sites is 1. The number of anilines is 1. The van der Waals surface area contributed by atoms with Crippen molar-refractivity contribution in [2.24, 2.45) is 0 Å². The van der Waals surface area contributed by atoms with Gasteiger partial charge in [-0.15, -0.1) is 0 Å². The van der Waals surface area contributed by atoms with Crippen LogP contribution in [0.15, 0.2) is 53.4 Å². The van der Waals surface area contributed by atoms with Crippen LogP contribution in [0.25, 0.3) is 0 Å². The minimum absolute atomic E-state index is 0.199. The summed E-state index contributed by atoms with van der Waals surface area (Å²) in [6.07, 6.45) is 0.533. The average molecular weight is 421 g/mol. The van der Waals surface area contributed by atoms with Crippen LogP contribution in [-0.2, 0) is 14.8 Å². The van der Waals surface area contributed by atoms with Crippen LogP contribution < -0.4 is 10.0 Å². The molecule has 1 atom stereocenters. The number of carbonyl (C=O) groups is 2. The Balaban J connectivity index is 2.33. The molecule has 0 fully saturated rings. The fourth-order valence-corrected chi connectivity index (χ4v) is 3.49. The van der Waals surface area contributed by atoms with E-state index in [4.69, 9.17) is 0 Å². The zero-order valence-corrected chi connectivity index (χ0v) is 17.3. The van der Waals surface area contributed by atoms with Gasteiger partial charge in [0.25, 0.3) is 5.91 Å². The number of nitrogens with zero attached hydrogens (tertiary/aromatic N) is 1. The Bertz CT molecular complexity index is 980. The molecule has 0 saturated carbocycles. The lowest BCUT2D eigenvalue weighted by Gasteiger charge is -2.28. The van der Waals surface area contributed by atoms with Crippen molar-refractivity contribution in [1.82, 2.24) is 9.62 Å². The molecule has 29 heavy (non-hydrogen) atoms. The van der Waals surface area contributed by atoms with E-state index in [0.29, 0.717) is 12.1 Å². The molecule has 2 aromatic rings. The number of hydrogen-bond donors (Lipinski definition) is 2. The second kappa shape index (κ2) is 9.62. The van der Waals surface area contributed by atoms with Crippen LogP contribution in [0.2, 0.25) is 0 Å². The maximum absolute atomic E-state index is 14.4. The molecule has 0 aromatic heterocycles. The predicted octanol–water partition coefficient (Wildman–Crippen LogP) is 2.61. The summed E-state index contributed by atoms with van der Waals surface area (Å²) in [5.74, 6) is -2.05. The van der Waals surface area contributed by atoms with Crippen LogP contribution in [-0.4, -0.2) is 44.8 Å². The summed E-state index contributed by atoms with van der Waals surface area (Å²) in [5.41, 5.74) is 0.163. The fourth-order valence-electron chi connectivity index (χ4n) is 2.73. The molecule has 156 valence electrons. The number of amides is 2. The first-order valence-electron chi connectivity index (χ1n) is 9.11. The monoisotopic (exact) mass is 421 g/mol. The maximum atomic E-state index is 14.4. The van der Waals surface area contributed by atoms with Crippen molar-refractivity contribution in [3.63, 3.8) is 0 Å². The largest absolute Gasteiger partial charge is 0.327 e. The molecule has 9 heteroatoms. The van der Waals surface area contributed by atoms with Crippen molar-refractivity contribution in [2.75, 3.05) is 18.9 Å². The van der Waals surface area contributed by atoms with E-state index < -0.39 is 39.3 Å². The third-order valence-corrected chi connectivity index (χ3v) is 5.77. The van der Waals surface area contributed by atoms with Crippen LogP contribution in [0.5, 0.6) is 0 Å². The summed E-state index contributed by atoms with van der Waals surface area (Å²) in [6.45, 7) is 3.56. The second-order valence-electron chi connectivity index (χ2n) is 6.38. The first-order chi connectivity index (χ1) is 13.7. The zero-order valence-electron chi connectivity index (χ0n) is 16.5. The van der Waals surface area contributed by atoms with Gasteiger partial charge in [0.2, 0.25) is 15.9 Å². The first-order valence-corrected chi connectivity index (χ1v) is 10.6. The molecule has 2 rings (SSSR count). The Hall–Kier alpha value is -2.78. The smallest absolute Gasteiger partial charge is 0.257 e. The molecule has 0 aliphatic carbocycles. The van der Waals surface area contributed by atoms with E-state index in [2.05, 4.69) is 10.0 Å². The van der Waals surface area contributed by atoms with Crippen molar-refractivity contribution in [2.45, 2.75) is 31.2 Å². The maximum Gasteiger partial charge on any atom is 0.257 e. The van der Waals surface area contributed by atoms with Crippen LogP contribution in [0.3, 0.4) is 0 Å². The number of halogens is 1. The summed E-state index contributed by atoms with van der Waals surface area (Å²) < 4.78 is 40.5.